The molecule has 0 spiro atoms. The van der Waals surface area contributed by atoms with Crippen LogP contribution in [0.2, 0.25) is 0 Å². The Morgan fingerprint density at radius 3 is 2.81 bits per heavy atom. The molecule has 21 heavy (non-hydrogen) atoms. The van der Waals surface area contributed by atoms with Gasteiger partial charge >= 0.3 is 0 Å². The van der Waals surface area contributed by atoms with Crippen LogP contribution < -0.4 is 10.6 Å². The number of methoxy groups -OCH3 is 1. The van der Waals surface area contributed by atoms with Gasteiger partial charge in [0.05, 0.1) is 11.5 Å². The highest BCUT2D eigenvalue weighted by atomic mass is 16.6. The van der Waals surface area contributed by atoms with Crippen molar-refractivity contribution in [3.63, 3.8) is 0 Å². The van der Waals surface area contributed by atoms with E-state index in [4.69, 9.17) is 4.74 Å². The van der Waals surface area contributed by atoms with Gasteiger partial charge in [-0.1, -0.05) is 12.1 Å². The number of nitrogens with one attached hydrogen (secondary N) is 2. The number of anilines is 1. The molecule has 1 rings (SSSR count). The van der Waals surface area contributed by atoms with Crippen molar-refractivity contribution in [3.8, 4) is 0 Å². The van der Waals surface area contributed by atoms with Gasteiger partial charge in [-0.3, -0.25) is 14.9 Å². The molecule has 0 heterocycles. The van der Waals surface area contributed by atoms with E-state index >= 15 is 0 Å². The van der Waals surface area contributed by atoms with E-state index in [2.05, 4.69) is 10.6 Å². The molecule has 2 N–H and O–H groups in total. The van der Waals surface area contributed by atoms with Crippen molar-refractivity contribution in [2.75, 3.05) is 25.6 Å². The number of carbonyl (C=O) groups excluding carboxylic acids is 1. The summed E-state index contributed by atoms with van der Waals surface area (Å²) >= 11 is 0. The Bertz CT molecular complexity index is 479. The van der Waals surface area contributed by atoms with E-state index in [0.717, 1.165) is 0 Å². The first-order valence-electron chi connectivity index (χ1n) is 6.80. The van der Waals surface area contributed by atoms with Crippen LogP contribution in [0.5, 0.6) is 0 Å². The zero-order chi connectivity index (χ0) is 15.7. The highest BCUT2D eigenvalue weighted by Crippen LogP contribution is 2.22. The number of hydrogen-bond acceptors (Lipinski definition) is 5. The zero-order valence-corrected chi connectivity index (χ0v) is 12.3. The number of rotatable bonds is 9. The van der Waals surface area contributed by atoms with Gasteiger partial charge in [0.2, 0.25) is 5.91 Å². The average Bonchev–Trinajstić information content (AvgIpc) is 2.44. The molecule has 1 aromatic carbocycles. The maximum absolute atomic E-state index is 11.6. The lowest BCUT2D eigenvalue weighted by Gasteiger charge is -2.12. The molecule has 1 amide bonds. The number of benzene rings is 1. The quantitative estimate of drug-likeness (QED) is 0.412. The minimum atomic E-state index is -0.429. The van der Waals surface area contributed by atoms with Gasteiger partial charge in [-0.15, -0.1) is 0 Å². The van der Waals surface area contributed by atoms with Crippen LogP contribution in [0.4, 0.5) is 11.4 Å². The summed E-state index contributed by atoms with van der Waals surface area (Å²) in [4.78, 5) is 22.0. The van der Waals surface area contributed by atoms with Gasteiger partial charge in [-0.05, 0) is 19.4 Å². The molecule has 0 aliphatic carbocycles. The summed E-state index contributed by atoms with van der Waals surface area (Å²) in [6.45, 7) is 2.84. The second-order valence-electron chi connectivity index (χ2n) is 4.73. The molecular weight excluding hydrogens is 274 g/mol. The molecule has 1 unspecified atom stereocenters. The molecule has 1 atom stereocenters. The van der Waals surface area contributed by atoms with Crippen LogP contribution in [0.15, 0.2) is 24.3 Å². The highest BCUT2D eigenvalue weighted by Gasteiger charge is 2.11. The molecule has 0 aromatic heterocycles. The first-order chi connectivity index (χ1) is 10.0. The van der Waals surface area contributed by atoms with Crippen molar-refractivity contribution in [2.24, 2.45) is 0 Å². The fraction of sp³-hybridized carbons (Fsp3) is 0.500. The Morgan fingerprint density at radius 2 is 2.14 bits per heavy atom. The minimum Gasteiger partial charge on any atom is -0.383 e. The van der Waals surface area contributed by atoms with E-state index < -0.39 is 4.92 Å². The largest absolute Gasteiger partial charge is 0.383 e. The van der Waals surface area contributed by atoms with Gasteiger partial charge in [-0.25, -0.2) is 0 Å². The Kier molecular flexibility index (Phi) is 7.17. The van der Waals surface area contributed by atoms with E-state index in [9.17, 15) is 14.9 Å². The summed E-state index contributed by atoms with van der Waals surface area (Å²) in [7, 11) is 1.58. The van der Waals surface area contributed by atoms with Crippen molar-refractivity contribution in [1.29, 1.82) is 0 Å². The Labute approximate surface area is 123 Å². The van der Waals surface area contributed by atoms with Crippen LogP contribution in [0.3, 0.4) is 0 Å². The maximum Gasteiger partial charge on any atom is 0.292 e. The molecule has 1 aromatic rings. The number of ether oxygens (including phenoxy) is 1. The summed E-state index contributed by atoms with van der Waals surface area (Å²) < 4.78 is 4.93. The van der Waals surface area contributed by atoms with Gasteiger partial charge < -0.3 is 15.4 Å². The number of carbonyl (C=O) groups is 1. The van der Waals surface area contributed by atoms with E-state index in [0.29, 0.717) is 31.7 Å². The second kappa shape index (κ2) is 8.91. The summed E-state index contributed by atoms with van der Waals surface area (Å²) in [6, 6.07) is 6.42. The van der Waals surface area contributed by atoms with Gasteiger partial charge in [-0.2, -0.15) is 0 Å². The maximum atomic E-state index is 11.6. The normalized spacial score (nSPS) is 11.7. The molecule has 7 nitrogen and oxygen atoms in total. The van der Waals surface area contributed by atoms with Crippen LogP contribution in [0.1, 0.15) is 19.8 Å². The highest BCUT2D eigenvalue weighted by molar-refractivity contribution is 5.76. The number of nitro benzene ring substituents is 1. The smallest absolute Gasteiger partial charge is 0.292 e. The molecule has 0 fully saturated rings. The van der Waals surface area contributed by atoms with E-state index in [1.165, 1.54) is 6.07 Å². The first kappa shape index (κ1) is 16.9. The molecule has 0 radical (unpaired) electrons. The topological polar surface area (TPSA) is 93.5 Å². The molecule has 0 bridgehead atoms. The molecule has 0 aliphatic heterocycles. The van der Waals surface area contributed by atoms with Crippen LogP contribution in [0.25, 0.3) is 0 Å². The van der Waals surface area contributed by atoms with Crippen LogP contribution in [-0.4, -0.2) is 37.1 Å². The van der Waals surface area contributed by atoms with E-state index in [1.54, 1.807) is 25.3 Å². The lowest BCUT2D eigenvalue weighted by atomic mass is 10.2. The monoisotopic (exact) mass is 295 g/mol. The Hall–Kier alpha value is -2.15. The van der Waals surface area contributed by atoms with E-state index in [1.807, 2.05) is 6.92 Å². The fourth-order valence-corrected chi connectivity index (χ4v) is 1.89. The summed E-state index contributed by atoms with van der Waals surface area (Å²) in [5, 5.41) is 16.6. The minimum absolute atomic E-state index is 0.0225. The van der Waals surface area contributed by atoms with Crippen molar-refractivity contribution in [3.05, 3.63) is 34.4 Å². The molecule has 0 saturated heterocycles. The summed E-state index contributed by atoms with van der Waals surface area (Å²) in [5.41, 5.74) is 0.506. The molecule has 7 heteroatoms. The summed E-state index contributed by atoms with van der Waals surface area (Å²) in [5.74, 6) is -0.0519. The third-order valence-corrected chi connectivity index (χ3v) is 2.82. The van der Waals surface area contributed by atoms with Crippen LogP contribution >= 0.6 is 0 Å². The number of amides is 1. The molecule has 116 valence electrons. The number of nitrogens with zero attached hydrogens (tertiary/aromatic N) is 1. The van der Waals surface area contributed by atoms with Gasteiger partial charge in [0.1, 0.15) is 5.69 Å². The van der Waals surface area contributed by atoms with Crippen molar-refractivity contribution >= 4 is 17.3 Å². The Balaban J connectivity index is 2.31. The average molecular weight is 295 g/mol. The molecular formula is C14H21N3O4. The first-order valence-corrected chi connectivity index (χ1v) is 6.80. The van der Waals surface area contributed by atoms with Crippen molar-refractivity contribution in [1.82, 2.24) is 5.32 Å². The predicted molar refractivity (Wildman–Crippen MR) is 80.3 cm³/mol. The standard InChI is InChI=1S/C14H21N3O4/c1-11(10-21-2)16-14(18)8-5-9-15-12-6-3-4-7-13(12)17(19)20/h3-4,6-7,11,15H,5,8-10H2,1-2H3,(H,16,18). The lowest BCUT2D eigenvalue weighted by Crippen LogP contribution is -2.35. The van der Waals surface area contributed by atoms with Gasteiger partial charge in [0.15, 0.2) is 0 Å². The zero-order valence-electron chi connectivity index (χ0n) is 12.3. The third-order valence-electron chi connectivity index (χ3n) is 2.82. The molecule has 0 saturated carbocycles. The third kappa shape index (κ3) is 6.22. The van der Waals surface area contributed by atoms with Gasteiger partial charge in [0.25, 0.3) is 5.69 Å². The summed E-state index contributed by atoms with van der Waals surface area (Å²) in [6.07, 6.45) is 0.958. The number of nitro groups is 1. The number of hydrogen-bond donors (Lipinski definition) is 2. The second-order valence-corrected chi connectivity index (χ2v) is 4.73. The lowest BCUT2D eigenvalue weighted by molar-refractivity contribution is -0.384. The number of para-hydroxylation sites is 2. The van der Waals surface area contributed by atoms with Crippen LogP contribution in [0, 0.1) is 10.1 Å². The van der Waals surface area contributed by atoms with Crippen molar-refractivity contribution in [2.45, 2.75) is 25.8 Å². The predicted octanol–water partition coefficient (Wildman–Crippen LogP) is 1.94. The SMILES string of the molecule is COCC(C)NC(=O)CCCNc1ccccc1[N+](=O)[O-]. The van der Waals surface area contributed by atoms with E-state index in [-0.39, 0.29) is 17.6 Å². The fourth-order valence-electron chi connectivity index (χ4n) is 1.89. The van der Waals surface area contributed by atoms with Crippen LogP contribution in [-0.2, 0) is 9.53 Å². The molecule has 0 aliphatic rings. The Morgan fingerprint density at radius 1 is 1.43 bits per heavy atom. The van der Waals surface area contributed by atoms with Crippen molar-refractivity contribution < 1.29 is 14.5 Å². The van der Waals surface area contributed by atoms with Gasteiger partial charge in [0, 0.05) is 32.2 Å².